The van der Waals surface area contributed by atoms with Crippen molar-refractivity contribution >= 4 is 5.97 Å². The first-order valence-corrected chi connectivity index (χ1v) is 5.13. The summed E-state index contributed by atoms with van der Waals surface area (Å²) < 4.78 is 15.3. The Hall–Kier alpha value is -0.870. The van der Waals surface area contributed by atoms with E-state index < -0.39 is 0 Å². The monoisotopic (exact) mass is 216 g/mol. The topological polar surface area (TPSA) is 44.8 Å². The van der Waals surface area contributed by atoms with Crippen LogP contribution in [0.1, 0.15) is 27.2 Å². The highest BCUT2D eigenvalue weighted by molar-refractivity contribution is 5.86. The first-order valence-electron chi connectivity index (χ1n) is 5.13. The van der Waals surface area contributed by atoms with Gasteiger partial charge in [-0.05, 0) is 20.3 Å². The highest BCUT2D eigenvalue weighted by Gasteiger charge is 2.04. The van der Waals surface area contributed by atoms with E-state index in [9.17, 15) is 4.79 Å². The quantitative estimate of drug-likeness (QED) is 0.269. The Balaban J connectivity index is 3.37. The van der Waals surface area contributed by atoms with Gasteiger partial charge >= 0.3 is 5.97 Å². The zero-order valence-corrected chi connectivity index (χ0v) is 9.75. The van der Waals surface area contributed by atoms with Crippen LogP contribution in [0.15, 0.2) is 12.2 Å². The van der Waals surface area contributed by atoms with Crippen molar-refractivity contribution in [3.63, 3.8) is 0 Å². The molecule has 0 aliphatic rings. The number of carbonyl (C=O) groups is 1. The third kappa shape index (κ3) is 8.15. The second-order valence-corrected chi connectivity index (χ2v) is 3.23. The molecule has 0 saturated heterocycles. The van der Waals surface area contributed by atoms with Crippen molar-refractivity contribution in [2.24, 2.45) is 0 Å². The molecule has 0 aromatic heterocycles. The molecule has 88 valence electrons. The molecule has 0 heterocycles. The van der Waals surface area contributed by atoms with Gasteiger partial charge in [0.05, 0.1) is 6.61 Å². The lowest BCUT2D eigenvalue weighted by Crippen LogP contribution is -2.18. The van der Waals surface area contributed by atoms with E-state index in [1.54, 1.807) is 6.92 Å². The van der Waals surface area contributed by atoms with E-state index in [2.05, 4.69) is 6.58 Å². The molecule has 0 bridgehead atoms. The molecule has 4 heteroatoms. The summed E-state index contributed by atoms with van der Waals surface area (Å²) in [6.07, 6.45) is 0.701. The highest BCUT2D eigenvalue weighted by Crippen LogP contribution is 1.96. The van der Waals surface area contributed by atoms with Gasteiger partial charge in [0.2, 0.25) is 0 Å². The number of ether oxygens (including phenoxy) is 3. The molecule has 15 heavy (non-hydrogen) atoms. The molecule has 0 saturated carbocycles. The summed E-state index contributed by atoms with van der Waals surface area (Å²) in [4.78, 5) is 11.0. The van der Waals surface area contributed by atoms with Crippen molar-refractivity contribution in [1.82, 2.24) is 0 Å². The van der Waals surface area contributed by atoms with E-state index in [-0.39, 0.29) is 18.9 Å². The molecule has 0 aliphatic heterocycles. The number of hydrogen-bond acceptors (Lipinski definition) is 4. The van der Waals surface area contributed by atoms with E-state index in [0.717, 1.165) is 6.42 Å². The van der Waals surface area contributed by atoms with Gasteiger partial charge in [-0.1, -0.05) is 13.5 Å². The highest BCUT2D eigenvalue weighted by atomic mass is 16.7. The average Bonchev–Trinajstić information content (AvgIpc) is 2.20. The molecule has 0 radical (unpaired) electrons. The van der Waals surface area contributed by atoms with Crippen LogP contribution in [-0.2, 0) is 19.0 Å². The van der Waals surface area contributed by atoms with Crippen LogP contribution in [0.4, 0.5) is 0 Å². The first-order chi connectivity index (χ1) is 7.07. The van der Waals surface area contributed by atoms with Crippen LogP contribution in [0.5, 0.6) is 0 Å². The van der Waals surface area contributed by atoms with E-state index in [0.29, 0.717) is 18.8 Å². The zero-order valence-electron chi connectivity index (χ0n) is 9.75. The smallest absolute Gasteiger partial charge is 0.333 e. The normalized spacial score (nSPS) is 12.2. The fourth-order valence-corrected chi connectivity index (χ4v) is 0.804. The van der Waals surface area contributed by atoms with E-state index in [1.807, 2.05) is 13.8 Å². The summed E-state index contributed by atoms with van der Waals surface area (Å²) in [6.45, 7) is 10.2. The van der Waals surface area contributed by atoms with Gasteiger partial charge in [-0.3, -0.25) is 0 Å². The van der Waals surface area contributed by atoms with Gasteiger partial charge in [-0.15, -0.1) is 0 Å². The van der Waals surface area contributed by atoms with Crippen molar-refractivity contribution in [2.45, 2.75) is 33.5 Å². The maximum atomic E-state index is 11.0. The number of hydrogen-bond donors (Lipinski definition) is 0. The van der Waals surface area contributed by atoms with E-state index >= 15 is 0 Å². The lowest BCUT2D eigenvalue weighted by molar-refractivity contribution is -0.153. The summed E-state index contributed by atoms with van der Waals surface area (Å²) in [5.74, 6) is -0.388. The maximum Gasteiger partial charge on any atom is 0.333 e. The molecule has 0 amide bonds. The summed E-state index contributed by atoms with van der Waals surface area (Å²) in [5, 5.41) is 0. The van der Waals surface area contributed by atoms with Crippen LogP contribution in [0.3, 0.4) is 0 Å². The first kappa shape index (κ1) is 14.1. The van der Waals surface area contributed by atoms with E-state index in [4.69, 9.17) is 14.2 Å². The number of esters is 1. The van der Waals surface area contributed by atoms with Gasteiger partial charge in [-0.25, -0.2) is 4.79 Å². The van der Waals surface area contributed by atoms with Crippen molar-refractivity contribution < 1.29 is 19.0 Å². The largest absolute Gasteiger partial charge is 0.460 e. The predicted molar refractivity (Wildman–Crippen MR) is 57.4 cm³/mol. The van der Waals surface area contributed by atoms with Gasteiger partial charge in [0.25, 0.3) is 0 Å². The molecule has 0 rings (SSSR count). The fraction of sp³-hybridized carbons (Fsp3) is 0.727. The van der Waals surface area contributed by atoms with Gasteiger partial charge in [0.15, 0.2) is 6.29 Å². The number of carbonyl (C=O) groups excluding carboxylic acids is 1. The number of rotatable bonds is 8. The minimum absolute atomic E-state index is 0.228. The Kier molecular flexibility index (Phi) is 7.95. The minimum atomic E-state index is -0.388. The third-order valence-electron chi connectivity index (χ3n) is 1.57. The van der Waals surface area contributed by atoms with Crippen LogP contribution in [0.2, 0.25) is 0 Å². The molecule has 0 N–H and O–H groups in total. The SMILES string of the molecule is C=C(C)C(=O)OCCOC(C)OCCC. The Labute approximate surface area is 91.2 Å². The van der Waals surface area contributed by atoms with Gasteiger partial charge in [-0.2, -0.15) is 0 Å². The molecular weight excluding hydrogens is 196 g/mol. The second-order valence-electron chi connectivity index (χ2n) is 3.23. The molecule has 1 unspecified atom stereocenters. The van der Waals surface area contributed by atoms with Crippen molar-refractivity contribution in [3.8, 4) is 0 Å². The lowest BCUT2D eigenvalue weighted by atomic mass is 10.4. The van der Waals surface area contributed by atoms with Gasteiger partial charge in [0.1, 0.15) is 6.61 Å². The van der Waals surface area contributed by atoms with Crippen LogP contribution < -0.4 is 0 Å². The Morgan fingerprint density at radius 1 is 1.27 bits per heavy atom. The molecular formula is C11H20O4. The molecule has 1 atom stereocenters. The lowest BCUT2D eigenvalue weighted by Gasteiger charge is -2.13. The molecule has 0 aromatic carbocycles. The van der Waals surface area contributed by atoms with Gasteiger partial charge < -0.3 is 14.2 Å². The van der Waals surface area contributed by atoms with Crippen molar-refractivity contribution in [1.29, 1.82) is 0 Å². The summed E-state index contributed by atoms with van der Waals surface area (Å²) in [5.41, 5.74) is 0.394. The second kappa shape index (κ2) is 8.44. The summed E-state index contributed by atoms with van der Waals surface area (Å²) in [7, 11) is 0. The molecule has 4 nitrogen and oxygen atoms in total. The van der Waals surface area contributed by atoms with Crippen LogP contribution >= 0.6 is 0 Å². The molecule has 0 fully saturated rings. The Bertz CT molecular complexity index is 201. The Morgan fingerprint density at radius 3 is 2.40 bits per heavy atom. The van der Waals surface area contributed by atoms with E-state index in [1.165, 1.54) is 0 Å². The summed E-state index contributed by atoms with van der Waals surface area (Å²) in [6, 6.07) is 0. The molecule has 0 spiro atoms. The third-order valence-corrected chi connectivity index (χ3v) is 1.57. The minimum Gasteiger partial charge on any atom is -0.460 e. The van der Waals surface area contributed by atoms with Crippen LogP contribution in [-0.4, -0.2) is 32.1 Å². The standard InChI is InChI=1S/C11H20O4/c1-5-6-13-10(4)14-7-8-15-11(12)9(2)3/h10H,2,5-8H2,1,3-4H3. The van der Waals surface area contributed by atoms with Crippen molar-refractivity contribution in [2.75, 3.05) is 19.8 Å². The zero-order chi connectivity index (χ0) is 11.7. The Morgan fingerprint density at radius 2 is 1.87 bits per heavy atom. The van der Waals surface area contributed by atoms with Crippen molar-refractivity contribution in [3.05, 3.63) is 12.2 Å². The summed E-state index contributed by atoms with van der Waals surface area (Å²) >= 11 is 0. The van der Waals surface area contributed by atoms with Crippen LogP contribution in [0, 0.1) is 0 Å². The van der Waals surface area contributed by atoms with Crippen LogP contribution in [0.25, 0.3) is 0 Å². The average molecular weight is 216 g/mol. The molecule has 0 aromatic rings. The van der Waals surface area contributed by atoms with Gasteiger partial charge in [0, 0.05) is 12.2 Å². The maximum absolute atomic E-state index is 11.0. The predicted octanol–water partition coefficient (Wildman–Crippen LogP) is 1.89. The molecule has 0 aliphatic carbocycles. The fourth-order valence-electron chi connectivity index (χ4n) is 0.804.